The van der Waals surface area contributed by atoms with E-state index >= 15 is 0 Å². The van der Waals surface area contributed by atoms with Crippen LogP contribution >= 0.6 is 23.8 Å². The molecule has 0 spiro atoms. The van der Waals surface area contributed by atoms with Crippen molar-refractivity contribution in [2.75, 3.05) is 20.3 Å². The fourth-order valence-electron chi connectivity index (χ4n) is 1.60. The number of carbonyl (C=O) groups is 2. The Morgan fingerprint density at radius 1 is 1.29 bits per heavy atom. The molecule has 0 aliphatic heterocycles. The molecule has 0 aliphatic carbocycles. The molecule has 0 unspecified atom stereocenters. The Kier molecular flexibility index (Phi) is 8.88. The number of amides is 1. The standard InChI is InChI=1S/C15H20ClN3O4S/c1-10-8-11(5-6-12(10)16)23-9-13(20)18-19-15(24)17-7-3-4-14(21)22-2/h5-6,8H,3-4,7,9H2,1-2H3,(H,18,20)(H2,17,19,24). The molecule has 1 aromatic rings. The van der Waals surface area contributed by atoms with Crippen LogP contribution in [0.15, 0.2) is 18.2 Å². The van der Waals surface area contributed by atoms with Gasteiger partial charge in [0, 0.05) is 18.0 Å². The van der Waals surface area contributed by atoms with Crippen molar-refractivity contribution in [3.05, 3.63) is 28.8 Å². The summed E-state index contributed by atoms with van der Waals surface area (Å²) in [7, 11) is 1.34. The van der Waals surface area contributed by atoms with Crippen LogP contribution in [0.2, 0.25) is 5.02 Å². The minimum atomic E-state index is -0.388. The van der Waals surface area contributed by atoms with E-state index in [2.05, 4.69) is 20.9 Å². The molecule has 0 saturated carbocycles. The van der Waals surface area contributed by atoms with Gasteiger partial charge >= 0.3 is 5.97 Å². The summed E-state index contributed by atoms with van der Waals surface area (Å²) in [5.41, 5.74) is 5.81. The zero-order valence-corrected chi connectivity index (χ0v) is 15.1. The highest BCUT2D eigenvalue weighted by Crippen LogP contribution is 2.20. The van der Waals surface area contributed by atoms with Gasteiger partial charge in [0.15, 0.2) is 11.7 Å². The molecule has 0 aliphatic rings. The maximum Gasteiger partial charge on any atom is 0.305 e. The third kappa shape index (κ3) is 7.98. The maximum atomic E-state index is 11.7. The van der Waals surface area contributed by atoms with Crippen molar-refractivity contribution >= 4 is 40.8 Å². The molecule has 132 valence electrons. The summed E-state index contributed by atoms with van der Waals surface area (Å²) in [6, 6.07) is 5.13. The van der Waals surface area contributed by atoms with E-state index in [1.165, 1.54) is 7.11 Å². The van der Waals surface area contributed by atoms with Crippen LogP contribution in [0.25, 0.3) is 0 Å². The predicted molar refractivity (Wildman–Crippen MR) is 94.8 cm³/mol. The largest absolute Gasteiger partial charge is 0.484 e. The lowest BCUT2D eigenvalue weighted by molar-refractivity contribution is -0.140. The SMILES string of the molecule is COC(=O)CCCNC(=S)NNC(=O)COc1ccc(Cl)c(C)c1. The first-order valence-corrected chi connectivity index (χ1v) is 7.99. The van der Waals surface area contributed by atoms with Gasteiger partial charge in [0.25, 0.3) is 5.91 Å². The Bertz CT molecular complexity index is 598. The van der Waals surface area contributed by atoms with Gasteiger partial charge in [0.2, 0.25) is 0 Å². The molecule has 3 N–H and O–H groups in total. The molecule has 0 atom stereocenters. The second kappa shape index (κ2) is 10.7. The summed E-state index contributed by atoms with van der Waals surface area (Å²) < 4.78 is 9.87. The molecule has 0 saturated heterocycles. The first-order chi connectivity index (χ1) is 11.4. The minimum absolute atomic E-state index is 0.168. The summed E-state index contributed by atoms with van der Waals surface area (Å²) >= 11 is 10.9. The average Bonchev–Trinajstić information content (AvgIpc) is 2.57. The predicted octanol–water partition coefficient (Wildman–Crippen LogP) is 1.48. The molecule has 7 nitrogen and oxygen atoms in total. The van der Waals surface area contributed by atoms with E-state index < -0.39 is 0 Å². The van der Waals surface area contributed by atoms with Gasteiger partial charge in [-0.15, -0.1) is 0 Å². The van der Waals surface area contributed by atoms with Gasteiger partial charge in [-0.25, -0.2) is 0 Å². The topological polar surface area (TPSA) is 88.7 Å². The molecule has 1 aromatic carbocycles. The Balaban J connectivity index is 2.17. The lowest BCUT2D eigenvalue weighted by Crippen LogP contribution is -2.48. The van der Waals surface area contributed by atoms with E-state index in [0.717, 1.165) is 5.56 Å². The van der Waals surface area contributed by atoms with Gasteiger partial charge in [-0.3, -0.25) is 20.4 Å². The van der Waals surface area contributed by atoms with Crippen molar-refractivity contribution in [2.24, 2.45) is 0 Å². The summed E-state index contributed by atoms with van der Waals surface area (Å²) in [5.74, 6) is -0.115. The summed E-state index contributed by atoms with van der Waals surface area (Å²) in [6.45, 7) is 2.16. The van der Waals surface area contributed by atoms with E-state index in [-0.39, 0.29) is 23.6 Å². The van der Waals surface area contributed by atoms with Gasteiger partial charge < -0.3 is 14.8 Å². The van der Waals surface area contributed by atoms with Crippen LogP contribution in [0.5, 0.6) is 5.75 Å². The number of thiocarbonyl (C=S) groups is 1. The summed E-state index contributed by atoms with van der Waals surface area (Å²) in [5, 5.41) is 3.73. The zero-order valence-electron chi connectivity index (χ0n) is 13.5. The van der Waals surface area contributed by atoms with Gasteiger partial charge in [-0.2, -0.15) is 0 Å². The van der Waals surface area contributed by atoms with Crippen LogP contribution in [0.1, 0.15) is 18.4 Å². The van der Waals surface area contributed by atoms with E-state index in [1.807, 2.05) is 6.92 Å². The van der Waals surface area contributed by atoms with Gasteiger partial charge in [-0.05, 0) is 49.3 Å². The highest BCUT2D eigenvalue weighted by Gasteiger charge is 2.05. The molecule has 1 amide bonds. The second-order valence-electron chi connectivity index (χ2n) is 4.81. The van der Waals surface area contributed by atoms with Gasteiger partial charge in [-0.1, -0.05) is 11.6 Å². The number of hydrogen-bond donors (Lipinski definition) is 3. The maximum absolute atomic E-state index is 11.7. The molecule has 24 heavy (non-hydrogen) atoms. The quantitative estimate of drug-likeness (QED) is 0.289. The van der Waals surface area contributed by atoms with Crippen LogP contribution in [-0.2, 0) is 14.3 Å². The minimum Gasteiger partial charge on any atom is -0.484 e. The van der Waals surface area contributed by atoms with Crippen molar-refractivity contribution < 1.29 is 19.1 Å². The number of aryl methyl sites for hydroxylation is 1. The third-order valence-electron chi connectivity index (χ3n) is 2.89. The normalized spacial score (nSPS) is 9.79. The van der Waals surface area contributed by atoms with Crippen LogP contribution in [0.4, 0.5) is 0 Å². The highest BCUT2D eigenvalue weighted by molar-refractivity contribution is 7.80. The number of carbonyl (C=O) groups excluding carboxylic acids is 2. The lowest BCUT2D eigenvalue weighted by atomic mass is 10.2. The first-order valence-electron chi connectivity index (χ1n) is 7.21. The van der Waals surface area contributed by atoms with Crippen molar-refractivity contribution in [1.82, 2.24) is 16.2 Å². The van der Waals surface area contributed by atoms with Crippen LogP contribution in [0, 0.1) is 6.92 Å². The number of esters is 1. The van der Waals surface area contributed by atoms with Crippen LogP contribution in [0.3, 0.4) is 0 Å². The second-order valence-corrected chi connectivity index (χ2v) is 5.62. The molecular formula is C15H20ClN3O4S. The van der Waals surface area contributed by atoms with Crippen LogP contribution < -0.4 is 20.9 Å². The number of rotatable bonds is 7. The van der Waals surface area contributed by atoms with Crippen LogP contribution in [-0.4, -0.2) is 37.3 Å². The Morgan fingerprint density at radius 2 is 2.04 bits per heavy atom. The average molecular weight is 374 g/mol. The molecule has 0 radical (unpaired) electrons. The Labute approximate surface area is 151 Å². The number of hydrogen-bond acceptors (Lipinski definition) is 5. The third-order valence-corrected chi connectivity index (χ3v) is 3.56. The Hall–Kier alpha value is -2.06. The lowest BCUT2D eigenvalue weighted by Gasteiger charge is -2.12. The molecule has 0 fully saturated rings. The molecular weight excluding hydrogens is 354 g/mol. The van der Waals surface area contributed by atoms with E-state index in [1.54, 1.807) is 18.2 Å². The smallest absolute Gasteiger partial charge is 0.305 e. The van der Waals surface area contributed by atoms with E-state index in [0.29, 0.717) is 30.2 Å². The van der Waals surface area contributed by atoms with Crippen molar-refractivity contribution in [2.45, 2.75) is 19.8 Å². The number of nitrogens with one attached hydrogen (secondary N) is 3. The van der Waals surface area contributed by atoms with Crippen molar-refractivity contribution in [3.63, 3.8) is 0 Å². The van der Waals surface area contributed by atoms with Crippen molar-refractivity contribution in [3.8, 4) is 5.75 Å². The van der Waals surface area contributed by atoms with Gasteiger partial charge in [0.05, 0.1) is 7.11 Å². The fourth-order valence-corrected chi connectivity index (χ4v) is 1.87. The number of hydrazine groups is 1. The Morgan fingerprint density at radius 3 is 2.71 bits per heavy atom. The first kappa shape index (κ1) is 20.0. The number of ether oxygens (including phenoxy) is 2. The van der Waals surface area contributed by atoms with Crippen molar-refractivity contribution in [1.29, 1.82) is 0 Å². The van der Waals surface area contributed by atoms with Gasteiger partial charge in [0.1, 0.15) is 5.75 Å². The fraction of sp³-hybridized carbons (Fsp3) is 0.400. The molecule has 9 heteroatoms. The number of methoxy groups -OCH3 is 1. The van der Waals surface area contributed by atoms with E-state index in [4.69, 9.17) is 28.6 Å². The summed E-state index contributed by atoms with van der Waals surface area (Å²) in [4.78, 5) is 22.6. The number of benzene rings is 1. The molecule has 0 heterocycles. The summed E-state index contributed by atoms with van der Waals surface area (Å²) in [6.07, 6.45) is 0.869. The zero-order chi connectivity index (χ0) is 17.9. The number of halogens is 1. The molecule has 0 bridgehead atoms. The molecule has 1 rings (SSSR count). The van der Waals surface area contributed by atoms with E-state index in [9.17, 15) is 9.59 Å². The molecule has 0 aromatic heterocycles. The highest BCUT2D eigenvalue weighted by atomic mass is 35.5. The monoisotopic (exact) mass is 373 g/mol.